The van der Waals surface area contributed by atoms with Crippen LogP contribution in [0.4, 0.5) is 5.00 Å². The molecule has 3 rings (SSSR count). The fourth-order valence-corrected chi connectivity index (χ4v) is 5.28. The monoisotopic (exact) mass is 389 g/mol. The molecule has 0 spiro atoms. The molecule has 0 atom stereocenters. The predicted molar refractivity (Wildman–Crippen MR) is 101 cm³/mol. The van der Waals surface area contributed by atoms with Gasteiger partial charge in [-0.25, -0.2) is 12.7 Å². The lowest BCUT2D eigenvalue weighted by atomic mass is 9.97. The van der Waals surface area contributed by atoms with Crippen molar-refractivity contribution in [1.29, 1.82) is 5.26 Å². The second kappa shape index (κ2) is 7.99. The van der Waals surface area contributed by atoms with E-state index in [1.807, 2.05) is 24.3 Å². The van der Waals surface area contributed by atoms with Crippen molar-refractivity contribution >= 4 is 32.3 Å². The molecule has 0 unspecified atom stereocenters. The van der Waals surface area contributed by atoms with E-state index in [4.69, 9.17) is 5.26 Å². The number of carbonyl (C=O) groups excluding carboxylic acids is 1. The van der Waals surface area contributed by atoms with Crippen molar-refractivity contribution in [3.63, 3.8) is 0 Å². The normalized spacial score (nSPS) is 16.1. The average Bonchev–Trinajstić information content (AvgIpc) is 3.09. The molecule has 1 aromatic heterocycles. The van der Waals surface area contributed by atoms with E-state index >= 15 is 0 Å². The largest absolute Gasteiger partial charge is 0.316 e. The fraction of sp³-hybridized carbons (Fsp3) is 0.333. The Bertz CT molecular complexity index is 909. The zero-order valence-electron chi connectivity index (χ0n) is 14.1. The smallest absolute Gasteiger partial charge is 0.228 e. The SMILES string of the molecule is N#Cc1ccsc1NC(=O)C1CCN(S(=O)(=O)Cc2ccccc2)CC1. The first kappa shape index (κ1) is 18.6. The molecule has 0 aliphatic carbocycles. The van der Waals surface area contributed by atoms with Gasteiger partial charge in [0.2, 0.25) is 15.9 Å². The Morgan fingerprint density at radius 1 is 1.23 bits per heavy atom. The number of carbonyl (C=O) groups is 1. The molecular formula is C18H19N3O3S2. The van der Waals surface area contributed by atoms with Crippen LogP contribution in [0.15, 0.2) is 41.8 Å². The van der Waals surface area contributed by atoms with Crippen LogP contribution in [0.3, 0.4) is 0 Å². The van der Waals surface area contributed by atoms with Crippen LogP contribution in [0, 0.1) is 17.2 Å². The third-order valence-electron chi connectivity index (χ3n) is 4.43. The molecule has 1 saturated heterocycles. The van der Waals surface area contributed by atoms with Gasteiger partial charge < -0.3 is 5.32 Å². The van der Waals surface area contributed by atoms with Crippen molar-refractivity contribution < 1.29 is 13.2 Å². The first-order chi connectivity index (χ1) is 12.5. The number of benzene rings is 1. The minimum absolute atomic E-state index is 0.0224. The molecule has 0 bridgehead atoms. The van der Waals surface area contributed by atoms with Crippen molar-refractivity contribution in [1.82, 2.24) is 4.31 Å². The molecule has 136 valence electrons. The van der Waals surface area contributed by atoms with E-state index in [0.29, 0.717) is 36.5 Å². The summed E-state index contributed by atoms with van der Waals surface area (Å²) in [6.07, 6.45) is 0.959. The number of thiophene rings is 1. The number of hydrogen-bond acceptors (Lipinski definition) is 5. The highest BCUT2D eigenvalue weighted by Gasteiger charge is 2.31. The van der Waals surface area contributed by atoms with E-state index in [1.54, 1.807) is 23.6 Å². The van der Waals surface area contributed by atoms with Crippen molar-refractivity contribution in [2.45, 2.75) is 18.6 Å². The summed E-state index contributed by atoms with van der Waals surface area (Å²) in [4.78, 5) is 12.4. The summed E-state index contributed by atoms with van der Waals surface area (Å²) in [5.74, 6) is -0.415. The van der Waals surface area contributed by atoms with Crippen LogP contribution in [0.25, 0.3) is 0 Å². The molecule has 2 aromatic rings. The van der Waals surface area contributed by atoms with Gasteiger partial charge >= 0.3 is 0 Å². The number of piperidine rings is 1. The van der Waals surface area contributed by atoms with Crippen molar-refractivity contribution in [2.75, 3.05) is 18.4 Å². The molecule has 1 aromatic carbocycles. The summed E-state index contributed by atoms with van der Waals surface area (Å²) < 4.78 is 26.6. The Labute approximate surface area is 157 Å². The van der Waals surface area contributed by atoms with Crippen LogP contribution in [0.5, 0.6) is 0 Å². The third kappa shape index (κ3) is 4.30. The maximum Gasteiger partial charge on any atom is 0.228 e. The van der Waals surface area contributed by atoms with Crippen LogP contribution < -0.4 is 5.32 Å². The molecule has 1 aliphatic heterocycles. The molecule has 1 fully saturated rings. The van der Waals surface area contributed by atoms with E-state index in [1.165, 1.54) is 15.6 Å². The Morgan fingerprint density at radius 3 is 2.58 bits per heavy atom. The second-order valence-corrected chi connectivity index (χ2v) is 9.06. The molecule has 0 radical (unpaired) electrons. The van der Waals surface area contributed by atoms with E-state index in [-0.39, 0.29) is 17.6 Å². The highest BCUT2D eigenvalue weighted by molar-refractivity contribution is 7.88. The van der Waals surface area contributed by atoms with Crippen molar-refractivity contribution in [2.24, 2.45) is 5.92 Å². The number of rotatable bonds is 5. The highest BCUT2D eigenvalue weighted by Crippen LogP contribution is 2.26. The number of amides is 1. The summed E-state index contributed by atoms with van der Waals surface area (Å²) in [5, 5.41) is 14.1. The quantitative estimate of drug-likeness (QED) is 0.851. The Morgan fingerprint density at radius 2 is 1.92 bits per heavy atom. The first-order valence-corrected chi connectivity index (χ1v) is 10.8. The maximum absolute atomic E-state index is 12.6. The number of nitrogens with one attached hydrogen (secondary N) is 1. The van der Waals surface area contributed by atoms with Gasteiger partial charge in [-0.3, -0.25) is 4.79 Å². The van der Waals surface area contributed by atoms with E-state index < -0.39 is 10.0 Å². The summed E-state index contributed by atoms with van der Waals surface area (Å²) in [5.41, 5.74) is 1.21. The predicted octanol–water partition coefficient (Wildman–Crippen LogP) is 2.80. The van der Waals surface area contributed by atoms with Crippen molar-refractivity contribution in [3.8, 4) is 6.07 Å². The molecule has 1 aliphatic rings. The van der Waals surface area contributed by atoms with Gasteiger partial charge in [0, 0.05) is 19.0 Å². The van der Waals surface area contributed by atoms with E-state index in [9.17, 15) is 13.2 Å². The number of nitriles is 1. The summed E-state index contributed by atoms with van der Waals surface area (Å²) >= 11 is 1.31. The summed E-state index contributed by atoms with van der Waals surface area (Å²) in [6.45, 7) is 0.672. The standard InChI is InChI=1S/C18H19N3O3S2/c19-12-16-8-11-25-18(16)20-17(22)15-6-9-21(10-7-15)26(23,24)13-14-4-2-1-3-5-14/h1-5,8,11,15H,6-7,9-10,13H2,(H,20,22). The van der Waals surface area contributed by atoms with Gasteiger partial charge in [0.25, 0.3) is 0 Å². The highest BCUT2D eigenvalue weighted by atomic mass is 32.2. The van der Waals surface area contributed by atoms with Gasteiger partial charge in [0.05, 0.1) is 11.3 Å². The van der Waals surface area contributed by atoms with Gasteiger partial charge in [-0.1, -0.05) is 30.3 Å². The lowest BCUT2D eigenvalue weighted by molar-refractivity contribution is -0.120. The summed E-state index contributed by atoms with van der Waals surface area (Å²) in [7, 11) is -3.39. The average molecular weight is 390 g/mol. The second-order valence-electron chi connectivity index (χ2n) is 6.18. The number of anilines is 1. The van der Waals surface area contributed by atoms with E-state index in [0.717, 1.165) is 5.56 Å². The Hall–Kier alpha value is -2.21. The maximum atomic E-state index is 12.6. The zero-order valence-corrected chi connectivity index (χ0v) is 15.7. The van der Waals surface area contributed by atoms with Crippen LogP contribution in [0.2, 0.25) is 0 Å². The molecule has 8 heteroatoms. The third-order valence-corrected chi connectivity index (χ3v) is 7.11. The number of sulfonamides is 1. The molecule has 1 N–H and O–H groups in total. The minimum atomic E-state index is -3.39. The van der Waals surface area contributed by atoms with Gasteiger partial charge in [0.1, 0.15) is 11.1 Å². The lowest BCUT2D eigenvalue weighted by Gasteiger charge is -2.30. The topological polar surface area (TPSA) is 90.3 Å². The molecule has 0 saturated carbocycles. The van der Waals surface area contributed by atoms with Crippen LogP contribution in [0.1, 0.15) is 24.0 Å². The fourth-order valence-electron chi connectivity index (χ4n) is 2.98. The van der Waals surface area contributed by atoms with Gasteiger partial charge in [-0.2, -0.15) is 5.26 Å². The van der Waals surface area contributed by atoms with Crippen molar-refractivity contribution in [3.05, 3.63) is 52.9 Å². The van der Waals surface area contributed by atoms with Crippen LogP contribution >= 0.6 is 11.3 Å². The van der Waals surface area contributed by atoms with Gasteiger partial charge in [-0.15, -0.1) is 11.3 Å². The molecular weight excluding hydrogens is 370 g/mol. The number of nitrogens with zero attached hydrogens (tertiary/aromatic N) is 2. The minimum Gasteiger partial charge on any atom is -0.316 e. The Balaban J connectivity index is 1.57. The Kier molecular flexibility index (Phi) is 5.71. The lowest BCUT2D eigenvalue weighted by Crippen LogP contribution is -2.41. The molecule has 26 heavy (non-hydrogen) atoms. The number of hydrogen-bond donors (Lipinski definition) is 1. The summed E-state index contributed by atoms with van der Waals surface area (Å²) in [6, 6.07) is 12.8. The van der Waals surface area contributed by atoms with Crippen LogP contribution in [-0.4, -0.2) is 31.7 Å². The van der Waals surface area contributed by atoms with Crippen LogP contribution in [-0.2, 0) is 20.6 Å². The first-order valence-electron chi connectivity index (χ1n) is 8.30. The zero-order chi connectivity index (χ0) is 18.6. The molecule has 6 nitrogen and oxygen atoms in total. The molecule has 1 amide bonds. The van der Waals surface area contributed by atoms with E-state index in [2.05, 4.69) is 5.32 Å². The molecule has 2 heterocycles. The van der Waals surface area contributed by atoms with Gasteiger partial charge in [0.15, 0.2) is 0 Å². The van der Waals surface area contributed by atoms with Gasteiger partial charge in [-0.05, 0) is 29.9 Å².